The van der Waals surface area contributed by atoms with Crippen molar-refractivity contribution in [1.82, 2.24) is 5.32 Å². The molecule has 0 fully saturated rings. The van der Waals surface area contributed by atoms with Crippen molar-refractivity contribution in [2.75, 3.05) is 0 Å². The molecule has 1 heterocycles. The molecule has 98 valence electrons. The molecule has 1 amide bonds. The first kappa shape index (κ1) is 12.9. The molecule has 2 aromatic rings. The summed E-state index contributed by atoms with van der Waals surface area (Å²) in [6, 6.07) is 11.2. The van der Waals surface area contributed by atoms with Gasteiger partial charge in [0.1, 0.15) is 6.04 Å². The summed E-state index contributed by atoms with van der Waals surface area (Å²) in [6.07, 6.45) is 1.59. The molecule has 2 rings (SSSR count). The Morgan fingerprint density at radius 3 is 2.47 bits per heavy atom. The minimum absolute atomic E-state index is 0.0966. The largest absolute Gasteiger partial charge is 0.480 e. The molecule has 19 heavy (non-hydrogen) atoms. The first-order chi connectivity index (χ1) is 9.16. The maximum atomic E-state index is 11.7. The van der Waals surface area contributed by atoms with Crippen molar-refractivity contribution in [2.24, 2.45) is 0 Å². The number of amides is 1. The summed E-state index contributed by atoms with van der Waals surface area (Å²) in [4.78, 5) is 22.9. The fourth-order valence-electron chi connectivity index (χ4n) is 1.69. The van der Waals surface area contributed by atoms with Crippen molar-refractivity contribution in [3.05, 3.63) is 60.1 Å². The number of carbonyl (C=O) groups is 2. The Hall–Kier alpha value is -2.56. The van der Waals surface area contributed by atoms with E-state index in [2.05, 4.69) is 5.32 Å². The number of carbonyl (C=O) groups excluding carboxylic acids is 1. The Bertz CT molecular complexity index is 548. The average Bonchev–Trinajstić information content (AvgIpc) is 2.93. The predicted molar refractivity (Wildman–Crippen MR) is 67.7 cm³/mol. The van der Waals surface area contributed by atoms with E-state index in [-0.39, 0.29) is 12.2 Å². The SMILES string of the molecule is O=C(N[C@H](Cc1ccccc1)C(=O)O)c1ccco1. The molecule has 0 aliphatic rings. The number of benzene rings is 1. The fraction of sp³-hybridized carbons (Fsp3) is 0.143. The summed E-state index contributed by atoms with van der Waals surface area (Å²) in [5, 5.41) is 11.6. The number of furan rings is 1. The van der Waals surface area contributed by atoms with Crippen LogP contribution in [0.4, 0.5) is 0 Å². The zero-order valence-corrected chi connectivity index (χ0v) is 10.1. The second kappa shape index (κ2) is 5.86. The normalized spacial score (nSPS) is 11.8. The zero-order valence-electron chi connectivity index (χ0n) is 10.1. The van der Waals surface area contributed by atoms with Crippen LogP contribution in [-0.4, -0.2) is 23.0 Å². The first-order valence-electron chi connectivity index (χ1n) is 5.78. The number of hydrogen-bond donors (Lipinski definition) is 2. The van der Waals surface area contributed by atoms with Crippen molar-refractivity contribution in [1.29, 1.82) is 0 Å². The lowest BCUT2D eigenvalue weighted by molar-refractivity contribution is -0.139. The van der Waals surface area contributed by atoms with Gasteiger partial charge < -0.3 is 14.8 Å². The highest BCUT2D eigenvalue weighted by Crippen LogP contribution is 2.05. The summed E-state index contributed by atoms with van der Waals surface area (Å²) in [5.74, 6) is -1.52. The number of aliphatic carboxylic acids is 1. The lowest BCUT2D eigenvalue weighted by Crippen LogP contribution is -2.42. The van der Waals surface area contributed by atoms with Gasteiger partial charge >= 0.3 is 5.97 Å². The monoisotopic (exact) mass is 259 g/mol. The van der Waals surface area contributed by atoms with Crippen molar-refractivity contribution in [2.45, 2.75) is 12.5 Å². The molecule has 0 spiro atoms. The Kier molecular flexibility index (Phi) is 3.97. The molecular formula is C14H13NO4. The molecule has 1 atom stereocenters. The van der Waals surface area contributed by atoms with Gasteiger partial charge in [0.05, 0.1) is 6.26 Å². The molecule has 0 radical (unpaired) electrons. The van der Waals surface area contributed by atoms with Crippen LogP contribution in [-0.2, 0) is 11.2 Å². The topological polar surface area (TPSA) is 79.5 Å². The maximum Gasteiger partial charge on any atom is 0.326 e. The van der Waals surface area contributed by atoms with Gasteiger partial charge in [-0.2, -0.15) is 0 Å². The lowest BCUT2D eigenvalue weighted by atomic mass is 10.1. The molecule has 1 aromatic carbocycles. The summed E-state index contributed by atoms with van der Waals surface area (Å²) >= 11 is 0. The quantitative estimate of drug-likeness (QED) is 0.856. The van der Waals surface area contributed by atoms with E-state index in [1.54, 1.807) is 6.07 Å². The van der Waals surface area contributed by atoms with Gasteiger partial charge in [-0.15, -0.1) is 0 Å². The van der Waals surface area contributed by atoms with E-state index in [9.17, 15) is 9.59 Å². The minimum Gasteiger partial charge on any atom is -0.480 e. The van der Waals surface area contributed by atoms with Gasteiger partial charge in [-0.05, 0) is 17.7 Å². The zero-order chi connectivity index (χ0) is 13.7. The number of nitrogens with one attached hydrogen (secondary N) is 1. The van der Waals surface area contributed by atoms with Crippen molar-refractivity contribution in [3.8, 4) is 0 Å². The molecule has 0 aliphatic heterocycles. The summed E-state index contributed by atoms with van der Waals surface area (Å²) in [7, 11) is 0. The van der Waals surface area contributed by atoms with Gasteiger partial charge in [-0.1, -0.05) is 30.3 Å². The van der Waals surface area contributed by atoms with Crippen LogP contribution in [0.2, 0.25) is 0 Å². The second-order valence-electron chi connectivity index (χ2n) is 4.03. The van der Waals surface area contributed by atoms with E-state index in [1.807, 2.05) is 30.3 Å². The van der Waals surface area contributed by atoms with Crippen LogP contribution in [0.25, 0.3) is 0 Å². The Morgan fingerprint density at radius 1 is 1.16 bits per heavy atom. The molecule has 5 nitrogen and oxygen atoms in total. The van der Waals surface area contributed by atoms with Crippen molar-refractivity contribution >= 4 is 11.9 Å². The molecule has 5 heteroatoms. The molecule has 0 saturated heterocycles. The van der Waals surface area contributed by atoms with Crippen LogP contribution < -0.4 is 5.32 Å². The number of carboxylic acids is 1. The fourth-order valence-corrected chi connectivity index (χ4v) is 1.69. The summed E-state index contributed by atoms with van der Waals surface area (Å²) in [5.41, 5.74) is 0.842. The number of carboxylic acid groups (broad SMARTS) is 1. The third kappa shape index (κ3) is 3.45. The molecular weight excluding hydrogens is 246 g/mol. The second-order valence-corrected chi connectivity index (χ2v) is 4.03. The van der Waals surface area contributed by atoms with E-state index < -0.39 is 17.9 Å². The van der Waals surface area contributed by atoms with Crippen LogP contribution >= 0.6 is 0 Å². The molecule has 0 saturated carbocycles. The highest BCUT2D eigenvalue weighted by molar-refractivity contribution is 5.94. The van der Waals surface area contributed by atoms with Gasteiger partial charge in [0.25, 0.3) is 5.91 Å². The van der Waals surface area contributed by atoms with Crippen molar-refractivity contribution in [3.63, 3.8) is 0 Å². The first-order valence-corrected chi connectivity index (χ1v) is 5.78. The average molecular weight is 259 g/mol. The van der Waals surface area contributed by atoms with E-state index in [4.69, 9.17) is 9.52 Å². The standard InChI is InChI=1S/C14H13NO4/c16-13(12-7-4-8-19-12)15-11(14(17)18)9-10-5-2-1-3-6-10/h1-8,11H,9H2,(H,15,16)(H,17,18)/t11-/m1/s1. The van der Waals surface area contributed by atoms with Crippen LogP contribution in [0.3, 0.4) is 0 Å². The van der Waals surface area contributed by atoms with Crippen LogP contribution in [0, 0.1) is 0 Å². The van der Waals surface area contributed by atoms with E-state index in [0.29, 0.717) is 0 Å². The van der Waals surface area contributed by atoms with Crippen molar-refractivity contribution < 1.29 is 19.1 Å². The summed E-state index contributed by atoms with van der Waals surface area (Å²) < 4.78 is 4.92. The Morgan fingerprint density at radius 2 is 1.89 bits per heavy atom. The van der Waals surface area contributed by atoms with Gasteiger partial charge in [-0.3, -0.25) is 4.79 Å². The molecule has 0 aliphatic carbocycles. The highest BCUT2D eigenvalue weighted by atomic mass is 16.4. The number of rotatable bonds is 5. The van der Waals surface area contributed by atoms with E-state index in [1.165, 1.54) is 12.3 Å². The van der Waals surface area contributed by atoms with Crippen LogP contribution in [0.5, 0.6) is 0 Å². The third-order valence-corrected chi connectivity index (χ3v) is 2.63. The maximum absolute atomic E-state index is 11.7. The lowest BCUT2D eigenvalue weighted by Gasteiger charge is -2.13. The smallest absolute Gasteiger partial charge is 0.326 e. The highest BCUT2D eigenvalue weighted by Gasteiger charge is 2.22. The Balaban J connectivity index is 2.05. The van der Waals surface area contributed by atoms with E-state index in [0.717, 1.165) is 5.56 Å². The van der Waals surface area contributed by atoms with Crippen LogP contribution in [0.15, 0.2) is 53.1 Å². The predicted octanol–water partition coefficient (Wildman–Crippen LogP) is 1.71. The van der Waals surface area contributed by atoms with Crippen LogP contribution in [0.1, 0.15) is 16.1 Å². The molecule has 0 bridgehead atoms. The third-order valence-electron chi connectivity index (χ3n) is 2.63. The van der Waals surface area contributed by atoms with E-state index >= 15 is 0 Å². The number of hydrogen-bond acceptors (Lipinski definition) is 3. The molecule has 2 N–H and O–H groups in total. The van der Waals surface area contributed by atoms with Gasteiger partial charge in [0.15, 0.2) is 5.76 Å². The molecule has 1 aromatic heterocycles. The van der Waals surface area contributed by atoms with Gasteiger partial charge in [-0.25, -0.2) is 4.79 Å². The van der Waals surface area contributed by atoms with Gasteiger partial charge in [0, 0.05) is 6.42 Å². The summed E-state index contributed by atoms with van der Waals surface area (Å²) in [6.45, 7) is 0. The Labute approximate surface area is 109 Å². The van der Waals surface area contributed by atoms with Gasteiger partial charge in [0.2, 0.25) is 0 Å². The molecule has 0 unspecified atom stereocenters. The minimum atomic E-state index is -1.08.